The lowest BCUT2D eigenvalue weighted by Crippen LogP contribution is -2.59. The van der Waals surface area contributed by atoms with Crippen LogP contribution in [0.15, 0.2) is 117 Å². The van der Waals surface area contributed by atoms with Gasteiger partial charge in [-0.25, -0.2) is 9.59 Å². The first-order valence-corrected chi connectivity index (χ1v) is 21.7. The summed E-state index contributed by atoms with van der Waals surface area (Å²) < 4.78 is 26.6. The van der Waals surface area contributed by atoms with E-state index in [0.717, 1.165) is 61.6 Å². The van der Waals surface area contributed by atoms with Crippen LogP contribution in [0.4, 0.5) is 0 Å². The molecule has 0 spiro atoms. The van der Waals surface area contributed by atoms with Gasteiger partial charge in [-0.2, -0.15) is 0 Å². The molecule has 1 aliphatic carbocycles. The van der Waals surface area contributed by atoms with Crippen LogP contribution in [0, 0.1) is 23.7 Å². The summed E-state index contributed by atoms with van der Waals surface area (Å²) >= 11 is 0. The number of esters is 2. The van der Waals surface area contributed by atoms with Gasteiger partial charge in [-0.05, 0) is 123 Å². The van der Waals surface area contributed by atoms with Crippen LogP contribution in [0.2, 0.25) is 0 Å². The minimum Gasteiger partial charge on any atom is -0.481 e. The van der Waals surface area contributed by atoms with Gasteiger partial charge in [0.1, 0.15) is 11.3 Å². The third-order valence-electron chi connectivity index (χ3n) is 13.3. The van der Waals surface area contributed by atoms with E-state index in [9.17, 15) is 14.4 Å². The first kappa shape index (κ1) is 39.6. The highest BCUT2D eigenvalue weighted by Gasteiger charge is 2.59. The number of hydrogen-bond acceptors (Lipinski definition) is 7. The van der Waals surface area contributed by atoms with Gasteiger partial charge >= 0.3 is 17.6 Å². The molecule has 60 heavy (non-hydrogen) atoms. The number of benzene rings is 4. The Morgan fingerprint density at radius 3 is 2.40 bits per heavy atom. The molecule has 0 saturated heterocycles. The van der Waals surface area contributed by atoms with Gasteiger partial charge in [0.2, 0.25) is 0 Å². The van der Waals surface area contributed by atoms with Crippen LogP contribution < -0.4 is 10.4 Å². The fourth-order valence-electron chi connectivity index (χ4n) is 10.1. The Hall–Kier alpha value is -5.87. The Labute approximate surface area is 352 Å². The molecular weight excluding hydrogens is 749 g/mol. The molecule has 0 radical (unpaired) electrons. The number of hydrogen-bond donors (Lipinski definition) is 0. The molecule has 1 aromatic heterocycles. The Bertz CT molecular complexity index is 2580. The van der Waals surface area contributed by atoms with Crippen LogP contribution in [-0.2, 0) is 51.2 Å². The number of ether oxygens (including phenoxy) is 3. The van der Waals surface area contributed by atoms with Crippen molar-refractivity contribution in [1.29, 1.82) is 0 Å². The van der Waals surface area contributed by atoms with Gasteiger partial charge in [0.05, 0.1) is 12.0 Å². The molecule has 0 amide bonds. The molecule has 7 heteroatoms. The smallest absolute Gasteiger partial charge is 0.336 e. The molecule has 5 bridgehead atoms. The van der Waals surface area contributed by atoms with E-state index in [1.54, 1.807) is 6.07 Å². The van der Waals surface area contributed by atoms with Gasteiger partial charge in [-0.3, -0.25) is 4.79 Å². The average molecular weight is 801 g/mol. The lowest BCUT2D eigenvalue weighted by atomic mass is 9.73. The van der Waals surface area contributed by atoms with Crippen molar-refractivity contribution >= 4 is 22.9 Å². The van der Waals surface area contributed by atoms with E-state index in [-0.39, 0.29) is 30.3 Å². The number of fused-ring (bicyclic) bond motifs is 7. The average Bonchev–Trinajstić information content (AvgIpc) is 3.79. The summed E-state index contributed by atoms with van der Waals surface area (Å²) in [6, 6.07) is 32.6. The second-order valence-corrected chi connectivity index (χ2v) is 17.5. The molecule has 0 unspecified atom stereocenters. The van der Waals surface area contributed by atoms with Crippen molar-refractivity contribution in [3.8, 4) is 17.6 Å². The number of allylic oxidation sites excluding steroid dienone is 1. The molecule has 306 valence electrons. The topological polar surface area (TPSA) is 92.0 Å². The predicted octanol–water partition coefficient (Wildman–Crippen LogP) is 10.3. The molecule has 1 saturated carbocycles. The number of aryl methyl sites for hydroxylation is 2. The van der Waals surface area contributed by atoms with Crippen LogP contribution in [0.25, 0.3) is 11.0 Å². The molecule has 4 heterocycles. The van der Waals surface area contributed by atoms with Gasteiger partial charge in [0.15, 0.2) is 17.8 Å². The molecule has 1 fully saturated rings. The highest BCUT2D eigenvalue weighted by Crippen LogP contribution is 2.53. The molecule has 4 aliphatic rings. The largest absolute Gasteiger partial charge is 0.481 e. The van der Waals surface area contributed by atoms with E-state index in [1.165, 1.54) is 28.3 Å². The predicted molar refractivity (Wildman–Crippen MR) is 232 cm³/mol. The lowest BCUT2D eigenvalue weighted by molar-refractivity contribution is -0.201. The molecular formula is C53H52O7. The maximum Gasteiger partial charge on any atom is 0.336 e. The van der Waals surface area contributed by atoms with E-state index in [4.69, 9.17) is 18.6 Å². The third kappa shape index (κ3) is 8.17. The monoisotopic (exact) mass is 800 g/mol. The van der Waals surface area contributed by atoms with Gasteiger partial charge in [-0.15, -0.1) is 0 Å². The Kier molecular flexibility index (Phi) is 11.2. The Morgan fingerprint density at radius 1 is 0.767 bits per heavy atom. The number of carbonyl (C=O) groups excluding carboxylic acids is 2. The SMILES string of the molecule is CC(C)=C1CCc2ccc3c(c2)CC#CC[C@@]2(C4CCCC4)Oc4ccc5ccc(=O)oc5c4[C@@H](OC(=O)C[C@@H](CCc4cccc(Cc5ccccc5)c4)C3)[C@@H]2OC1=O. The van der Waals surface area contributed by atoms with Crippen molar-refractivity contribution in [3.05, 3.63) is 158 Å². The molecule has 5 aromatic rings. The van der Waals surface area contributed by atoms with Gasteiger partial charge in [0.25, 0.3) is 0 Å². The molecule has 3 aliphatic heterocycles. The second kappa shape index (κ2) is 17.0. The quantitative estimate of drug-likeness (QED) is 0.0731. The summed E-state index contributed by atoms with van der Waals surface area (Å²) in [5.41, 5.74) is 7.66. The van der Waals surface area contributed by atoms with E-state index < -0.39 is 35.4 Å². The molecule has 4 atom stereocenters. The van der Waals surface area contributed by atoms with Crippen molar-refractivity contribution in [2.24, 2.45) is 11.8 Å². The number of carbonyl (C=O) groups is 2. The van der Waals surface area contributed by atoms with Gasteiger partial charge < -0.3 is 18.6 Å². The van der Waals surface area contributed by atoms with Crippen molar-refractivity contribution in [2.45, 2.75) is 115 Å². The number of rotatable bonds is 6. The zero-order chi connectivity index (χ0) is 41.2. The third-order valence-corrected chi connectivity index (χ3v) is 13.3. The summed E-state index contributed by atoms with van der Waals surface area (Å²) in [6.45, 7) is 3.88. The van der Waals surface area contributed by atoms with Crippen molar-refractivity contribution < 1.29 is 28.2 Å². The van der Waals surface area contributed by atoms with E-state index in [0.29, 0.717) is 48.0 Å². The minimum atomic E-state index is -1.13. The summed E-state index contributed by atoms with van der Waals surface area (Å²) in [7, 11) is 0. The van der Waals surface area contributed by atoms with Crippen LogP contribution in [0.5, 0.6) is 5.75 Å². The van der Waals surface area contributed by atoms with Crippen molar-refractivity contribution in [1.82, 2.24) is 0 Å². The Balaban J connectivity index is 1.17. The maximum absolute atomic E-state index is 14.8. The van der Waals surface area contributed by atoms with Crippen LogP contribution in [-0.4, -0.2) is 23.6 Å². The fraction of sp³-hybridized carbons (Fsp3) is 0.377. The highest BCUT2D eigenvalue weighted by atomic mass is 16.6. The molecule has 7 nitrogen and oxygen atoms in total. The van der Waals surface area contributed by atoms with E-state index >= 15 is 0 Å². The zero-order valence-corrected chi connectivity index (χ0v) is 34.6. The summed E-state index contributed by atoms with van der Waals surface area (Å²) in [5, 5.41) is 0.653. The van der Waals surface area contributed by atoms with Crippen LogP contribution >= 0.6 is 0 Å². The summed E-state index contributed by atoms with van der Waals surface area (Å²) in [5.74, 6) is 6.56. The van der Waals surface area contributed by atoms with Crippen molar-refractivity contribution in [3.63, 3.8) is 0 Å². The van der Waals surface area contributed by atoms with Crippen LogP contribution in [0.1, 0.15) is 110 Å². The second-order valence-electron chi connectivity index (χ2n) is 17.5. The fourth-order valence-corrected chi connectivity index (χ4v) is 10.1. The Morgan fingerprint density at radius 2 is 1.57 bits per heavy atom. The highest BCUT2D eigenvalue weighted by molar-refractivity contribution is 5.90. The first-order chi connectivity index (χ1) is 29.2. The van der Waals surface area contributed by atoms with E-state index in [2.05, 4.69) is 78.6 Å². The standard InChI is InChI=1S/C53H52O7/c1-34(2)44-25-21-37-20-22-42-32-39(19-18-36-13-10-14-38(30-36)29-35-11-4-3-5-12-35)33-47(55)58-50-48-45(26-23-40-24-27-46(54)57-49(40)48)60-53(43-16-6-7-17-43,51(50)59-52(44)56)28-9-8-15-41(42)31-37/h3-5,10-14,20,22-24,26-27,30-31,39,43,50-51H,6-7,15-19,21,25,28-29,32-33H2,1-2H3/t39-,50+,51-,53-/m0/s1. The van der Waals surface area contributed by atoms with Gasteiger partial charge in [-0.1, -0.05) is 103 Å². The summed E-state index contributed by atoms with van der Waals surface area (Å²) in [6.07, 6.45) is 6.73. The first-order valence-electron chi connectivity index (χ1n) is 21.7. The van der Waals surface area contributed by atoms with Gasteiger partial charge in [0, 0.05) is 35.8 Å². The lowest BCUT2D eigenvalue weighted by Gasteiger charge is -2.49. The molecule has 4 aromatic carbocycles. The maximum atomic E-state index is 14.8. The molecule has 0 N–H and O–H groups in total. The zero-order valence-electron chi connectivity index (χ0n) is 34.6. The molecule has 9 rings (SSSR count). The summed E-state index contributed by atoms with van der Waals surface area (Å²) in [4.78, 5) is 42.3. The normalized spacial score (nSPS) is 23.0. The minimum absolute atomic E-state index is 0.0299. The van der Waals surface area contributed by atoms with Crippen molar-refractivity contribution in [2.75, 3.05) is 0 Å². The van der Waals surface area contributed by atoms with Crippen LogP contribution in [0.3, 0.4) is 0 Å². The van der Waals surface area contributed by atoms with E-state index in [1.807, 2.05) is 32.0 Å².